The van der Waals surface area contributed by atoms with Gasteiger partial charge in [0.25, 0.3) is 0 Å². The van der Waals surface area contributed by atoms with Crippen LogP contribution in [0, 0.1) is 28.7 Å². The van der Waals surface area contributed by atoms with Crippen molar-refractivity contribution < 1.29 is 0 Å². The van der Waals surface area contributed by atoms with Gasteiger partial charge >= 0.3 is 0 Å². The summed E-state index contributed by atoms with van der Waals surface area (Å²) in [5.74, 6) is 0.911. The maximum Gasteiger partial charge on any atom is 0.164 e. The van der Waals surface area contributed by atoms with Crippen LogP contribution in [0.5, 0.6) is 0 Å². The standard InChI is InChI=1S/C50H29N5.C30H17ClN4.C21H13/c51-30-37-29-44(55-45-28-36-15-5-4-14-35(36)27-43(45)41-25-24-33-13-6-7-16-38(33)48(41)55)39-17-8-9-18-40(39)46(37)50-53-47(42-19-10-26-52-49(42)54-50)34-22-20-32(21-23-34)31-11-2-1-3-12-31;31-26-17-22(18-32)27(24-10-5-4-9-23(24)26)30-34-28(25-11-6-16-33-29(25)35-30)21-14-12-20(13-15-21)19-7-2-1-3-8-19;1-2-7-16-12-20-17(11-15(16)6-1)13-21-18-8-4-3-5-14(18)9-10-19(20)21/h1-29H;1-17H;1-2,4-12H,13H2/q;;+1. The molecule has 0 aliphatic heterocycles. The summed E-state index contributed by atoms with van der Waals surface area (Å²) in [7, 11) is 0. The molecule has 0 unspecified atom stereocenters. The Balaban J connectivity index is 0.000000122. The van der Waals surface area contributed by atoms with Gasteiger partial charge in [0.05, 0.1) is 68.6 Å². The van der Waals surface area contributed by atoms with Crippen LogP contribution < -0.4 is 0 Å². The molecule has 15 aromatic carbocycles. The lowest BCUT2D eigenvalue weighted by atomic mass is 9.93. The summed E-state index contributed by atoms with van der Waals surface area (Å²) < 4.78 is 2.36. The van der Waals surface area contributed by atoms with Crippen LogP contribution in [0.4, 0.5) is 0 Å². The van der Waals surface area contributed by atoms with Gasteiger partial charge in [-0.3, -0.25) is 0 Å². The molecule has 20 aromatic rings. The van der Waals surface area contributed by atoms with Crippen molar-refractivity contribution in [2.75, 3.05) is 0 Å². The maximum absolute atomic E-state index is 11.0. The van der Waals surface area contributed by atoms with Crippen molar-refractivity contribution in [2.45, 2.75) is 6.42 Å². The largest absolute Gasteiger partial charge is 0.308 e. The fraction of sp³-hybridized carbons (Fsp3) is 0.00990. The first kappa shape index (κ1) is 65.5. The van der Waals surface area contributed by atoms with E-state index in [0.717, 1.165) is 127 Å². The van der Waals surface area contributed by atoms with Gasteiger partial charge < -0.3 is 4.57 Å². The van der Waals surface area contributed by atoms with Gasteiger partial charge in [0, 0.05) is 95.9 Å². The van der Waals surface area contributed by atoms with Crippen LogP contribution in [0.1, 0.15) is 33.4 Å². The minimum Gasteiger partial charge on any atom is -0.308 e. The Kier molecular flexibility index (Phi) is 16.2. The molecule has 0 fully saturated rings. The van der Waals surface area contributed by atoms with Crippen LogP contribution in [-0.2, 0) is 6.42 Å². The molecule has 9 nitrogen and oxygen atoms in total. The Morgan fingerprint density at radius 1 is 0.369 bits per heavy atom. The number of aromatic nitrogens is 7. The molecule has 0 radical (unpaired) electrons. The first-order valence-electron chi connectivity index (χ1n) is 36.8. The fourth-order valence-electron chi connectivity index (χ4n) is 16.3. The molecular formula is C101H59ClN9+. The molecule has 0 saturated carbocycles. The third-order valence-corrected chi connectivity index (χ3v) is 21.9. The average molecular weight is 1430 g/mol. The number of nitrogens with zero attached hydrogens (tertiary/aromatic N) is 9. The number of halogens is 1. The van der Waals surface area contributed by atoms with Gasteiger partial charge in [-0.05, 0) is 143 Å². The molecule has 0 N–H and O–H groups in total. The normalized spacial score (nSPS) is 11.8. The van der Waals surface area contributed by atoms with Gasteiger partial charge in [-0.15, -0.1) is 0 Å². The molecule has 2 aliphatic rings. The molecule has 0 bridgehead atoms. The summed E-state index contributed by atoms with van der Waals surface area (Å²) in [6.07, 6.45) is 14.0. The van der Waals surface area contributed by atoms with Crippen molar-refractivity contribution in [3.05, 3.63) is 378 Å². The number of allylic oxidation sites excluding steroid dienone is 2. The van der Waals surface area contributed by atoms with E-state index < -0.39 is 0 Å². The number of hydrogen-bond donors (Lipinski definition) is 0. The summed E-state index contributed by atoms with van der Waals surface area (Å²) in [5, 5.41) is 36.4. The molecular weight excluding hydrogens is 1370 g/mol. The summed E-state index contributed by atoms with van der Waals surface area (Å²) in [5.41, 5.74) is 22.9. The Labute approximate surface area is 643 Å². The van der Waals surface area contributed by atoms with Crippen molar-refractivity contribution in [3.8, 4) is 96.5 Å². The van der Waals surface area contributed by atoms with E-state index in [-0.39, 0.29) is 0 Å². The lowest BCUT2D eigenvalue weighted by Crippen LogP contribution is -2.02. The second-order valence-electron chi connectivity index (χ2n) is 27.8. The Hall–Kier alpha value is -15.0. The maximum atomic E-state index is 11.0. The number of fused-ring (bicyclic) bond motifs is 16. The van der Waals surface area contributed by atoms with Gasteiger partial charge in [0.1, 0.15) is 12.2 Å². The first-order chi connectivity index (χ1) is 54.9. The van der Waals surface area contributed by atoms with Crippen LogP contribution in [0.15, 0.2) is 334 Å². The van der Waals surface area contributed by atoms with Gasteiger partial charge in [-0.2, -0.15) is 10.5 Å². The van der Waals surface area contributed by atoms with Crippen molar-refractivity contribution >= 4 is 121 Å². The van der Waals surface area contributed by atoms with E-state index in [2.05, 4.69) is 252 Å². The third kappa shape index (κ3) is 11.5. The van der Waals surface area contributed by atoms with Gasteiger partial charge in [0.2, 0.25) is 0 Å². The highest BCUT2D eigenvalue weighted by Gasteiger charge is 2.28. The zero-order chi connectivity index (χ0) is 74.0. The van der Waals surface area contributed by atoms with Gasteiger partial charge in [0.15, 0.2) is 22.9 Å². The highest BCUT2D eigenvalue weighted by atomic mass is 35.5. The van der Waals surface area contributed by atoms with Crippen LogP contribution in [-0.4, -0.2) is 34.5 Å². The van der Waals surface area contributed by atoms with Crippen molar-refractivity contribution in [1.29, 1.82) is 10.5 Å². The van der Waals surface area contributed by atoms with Crippen LogP contribution in [0.2, 0.25) is 5.02 Å². The van der Waals surface area contributed by atoms with Crippen LogP contribution in [0.25, 0.3) is 194 Å². The molecule has 2 aliphatic carbocycles. The number of hydrogen-bond acceptors (Lipinski definition) is 8. The second kappa shape index (κ2) is 27.4. The van der Waals surface area contributed by atoms with E-state index in [1.807, 2.05) is 103 Å². The summed E-state index contributed by atoms with van der Waals surface area (Å²) >= 11 is 6.48. The Bertz CT molecular complexity index is 7380. The molecule has 0 amide bonds. The molecule has 10 heteroatoms. The van der Waals surface area contributed by atoms with Gasteiger partial charge in [-0.25, -0.2) is 29.9 Å². The smallest absolute Gasteiger partial charge is 0.164 e. The highest BCUT2D eigenvalue weighted by Crippen LogP contribution is 2.46. The third-order valence-electron chi connectivity index (χ3n) is 21.5. The van der Waals surface area contributed by atoms with E-state index in [9.17, 15) is 10.5 Å². The minimum atomic E-state index is 0.425. The summed E-state index contributed by atoms with van der Waals surface area (Å²) in [6, 6.07) is 114. The lowest BCUT2D eigenvalue weighted by Gasteiger charge is -2.17. The molecule has 5 aromatic heterocycles. The van der Waals surface area contributed by atoms with E-state index in [1.165, 1.54) is 49.5 Å². The van der Waals surface area contributed by atoms with Crippen molar-refractivity contribution in [1.82, 2.24) is 34.5 Å². The van der Waals surface area contributed by atoms with Crippen LogP contribution in [0.3, 0.4) is 0 Å². The van der Waals surface area contributed by atoms with E-state index in [0.29, 0.717) is 50.2 Å². The molecule has 111 heavy (non-hydrogen) atoms. The first-order valence-corrected chi connectivity index (χ1v) is 37.2. The number of rotatable bonds is 7. The predicted octanol–water partition coefficient (Wildman–Crippen LogP) is 25.4. The quantitative estimate of drug-likeness (QED) is 0.144. The number of pyridine rings is 2. The van der Waals surface area contributed by atoms with E-state index >= 15 is 0 Å². The molecule has 22 rings (SSSR count). The van der Waals surface area contributed by atoms with Crippen molar-refractivity contribution in [2.24, 2.45) is 0 Å². The predicted molar refractivity (Wildman–Crippen MR) is 455 cm³/mol. The molecule has 0 saturated heterocycles. The topological polar surface area (TPSA) is 130 Å². The Morgan fingerprint density at radius 2 is 0.856 bits per heavy atom. The number of benzene rings is 15. The Morgan fingerprint density at radius 3 is 1.46 bits per heavy atom. The summed E-state index contributed by atoms with van der Waals surface area (Å²) in [4.78, 5) is 29.3. The van der Waals surface area contributed by atoms with Crippen LogP contribution >= 0.6 is 11.6 Å². The van der Waals surface area contributed by atoms with E-state index in [4.69, 9.17) is 36.5 Å². The molecule has 0 spiro atoms. The highest BCUT2D eigenvalue weighted by molar-refractivity contribution is 6.36. The minimum absolute atomic E-state index is 0.425. The molecule has 5 heterocycles. The monoisotopic (exact) mass is 1430 g/mol. The second-order valence-corrected chi connectivity index (χ2v) is 28.3. The number of nitriles is 2. The van der Waals surface area contributed by atoms with Gasteiger partial charge in [-0.1, -0.05) is 260 Å². The van der Waals surface area contributed by atoms with E-state index in [1.54, 1.807) is 18.5 Å². The fourth-order valence-corrected chi connectivity index (χ4v) is 16.6. The summed E-state index contributed by atoms with van der Waals surface area (Å²) in [6.45, 7) is 0. The molecule has 0 atom stereocenters. The average Bonchev–Trinajstić information content (AvgIpc) is 1.61. The zero-order valence-corrected chi connectivity index (χ0v) is 60.3. The van der Waals surface area contributed by atoms with Crippen molar-refractivity contribution in [3.63, 3.8) is 0 Å². The lowest BCUT2D eigenvalue weighted by molar-refractivity contribution is 1.18. The molecule has 514 valence electrons. The SMILES string of the molecule is N#Cc1cc(-n2c3cc4ccccc4cc3c3ccc4ccccc4c32)c2ccccc2c1-c1nc(-c2ccc(-c3ccccc3)cc2)c2cccnc2n1.N#Cc1cc(Cl)c2ccccc2c1-c1nc(-c2ccc(-c3ccccc3)cc2)c2cccnc2n1.[C+]1=Cc2ccc3c(c2C=C1)Cc1cc2ccccc2cc1-3. The zero-order valence-electron chi connectivity index (χ0n) is 59.5.